The lowest BCUT2D eigenvalue weighted by molar-refractivity contribution is 0.568. The smallest absolute Gasteiger partial charge is 0.0159 e. The zero-order valence-corrected chi connectivity index (χ0v) is 2.71. The Morgan fingerprint density at radius 2 is 0.500 bits per heavy atom. The summed E-state index contributed by atoms with van der Waals surface area (Å²) in [6.07, 6.45) is 1.00. The maximum Gasteiger partial charge on any atom is -0.0159 e. The van der Waals surface area contributed by atoms with Crippen LogP contribution in [0.4, 0.5) is 0 Å². The third kappa shape index (κ3) is 667. The molecule has 0 amide bonds. The first-order chi connectivity index (χ1) is 2.83. The highest BCUT2D eigenvalue weighted by Gasteiger charge is 0.794. The van der Waals surface area contributed by atoms with Crippen LogP contribution >= 0.6 is 0 Å². The molecule has 0 saturated heterocycles. The number of carbonyl (C=O) groups excluding carboxylic acids is 2. The summed E-state index contributed by atoms with van der Waals surface area (Å²) in [6, 6.07) is 0. The predicted molar refractivity (Wildman–Crippen MR) is 72.0 cm³/mol. The second kappa shape index (κ2) is 2360. The average molecular weight is 212 g/mol. The van der Waals surface area contributed by atoms with Crippen molar-refractivity contribution in [1.82, 2.24) is 0 Å². The van der Waals surface area contributed by atoms with Gasteiger partial charge < -0.3 is 10.8 Å². The minimum Gasteiger partial charge on any atom is -0.724 e. The van der Waals surface area contributed by atoms with Crippen molar-refractivity contribution in [2.75, 3.05) is 0 Å². The third-order valence-corrected chi connectivity index (χ3v) is 0. The molecule has 0 aliphatic carbocycles. The Hall–Kier alpha value is -1.24. The lowest BCUT2D eigenvalue weighted by Crippen LogP contribution is -1.13. The molecule has 4 nitrogen and oxygen atoms in total. The monoisotopic (exact) mass is 212 g/mol. The minimum absolute atomic E-state index is 0. The number of nitrogens with zero attached hydrogens (tertiary/aromatic N) is 2. The molecule has 0 saturated carbocycles. The third-order valence-electron chi connectivity index (χ3n) is 0. The summed E-state index contributed by atoms with van der Waals surface area (Å²) in [5.41, 5.74) is 0. The molecule has 0 aliphatic rings. The van der Waals surface area contributed by atoms with E-state index in [-0.39, 0.29) is 59.4 Å². The zero-order valence-electron chi connectivity index (χ0n) is 2.71. The summed E-state index contributed by atoms with van der Waals surface area (Å²) in [4.78, 5) is 16.5. The first-order valence-electron chi connectivity index (χ1n) is 0.855. The predicted octanol–water partition coefficient (Wildman–Crippen LogP) is 4.87. The Morgan fingerprint density at radius 1 is 0.500 bits per heavy atom. The molecule has 0 heterocycles. The van der Waals surface area contributed by atoms with Crippen LogP contribution in [0.15, 0.2) is 0 Å². The molecule has 14 heavy (non-hydrogen) atoms. The van der Waals surface area contributed by atoms with E-state index >= 15 is 0 Å². The van der Waals surface area contributed by atoms with Gasteiger partial charge in [-0.3, -0.25) is 9.59 Å². The van der Waals surface area contributed by atoms with Crippen LogP contribution in [0.1, 0.15) is 59.4 Å². The molecule has 0 spiro atoms. The van der Waals surface area contributed by atoms with Gasteiger partial charge in [0.1, 0.15) is 0 Å². The first-order valence-corrected chi connectivity index (χ1v) is 0.855. The van der Waals surface area contributed by atoms with Crippen molar-refractivity contribution in [3.8, 4) is 0 Å². The van der Waals surface area contributed by atoms with Crippen LogP contribution in [-0.2, 0) is 9.59 Å². The lowest BCUT2D eigenvalue weighted by Gasteiger charge is -1.32. The molecular weight excluding hydrogens is 180 g/mol. The molecule has 0 unspecified atom stereocenters. The van der Waals surface area contributed by atoms with E-state index in [1.54, 1.807) is 0 Å². The van der Waals surface area contributed by atoms with E-state index in [1.807, 2.05) is 0 Å². The topological polar surface area (TPSA) is 78.7 Å². The summed E-state index contributed by atoms with van der Waals surface area (Å²) < 4.78 is 0. The molecule has 0 fully saturated rings. The maximum absolute atomic E-state index is 8.24. The second-order valence-electron chi connectivity index (χ2n) is 0.183. The highest BCUT2D eigenvalue weighted by molar-refractivity contribution is 5.37. The van der Waals surface area contributed by atoms with Gasteiger partial charge in [-0.1, -0.05) is 59.4 Å². The van der Waals surface area contributed by atoms with Gasteiger partial charge in [0.15, 0.2) is 0 Å². The van der Waals surface area contributed by atoms with Gasteiger partial charge in [-0.25, -0.2) is 0 Å². The summed E-state index contributed by atoms with van der Waals surface area (Å²) in [5, 5.41) is 13.5. The van der Waals surface area contributed by atoms with Gasteiger partial charge in [0, 0.05) is 0 Å². The quantitative estimate of drug-likeness (QED) is 0.424. The standard InChI is InChI=1S/2CNO.8CH4/c2*2-1-3;;;;;;;;/h;;8*1H4/q2*-1;;;;;;;;. The fourth-order valence-corrected chi connectivity index (χ4v) is 0. The fourth-order valence-electron chi connectivity index (χ4n) is 0. The fraction of sp³-hybridized carbons (Fsp3) is 0.800. The molecule has 0 N–H and O–H groups in total. The van der Waals surface area contributed by atoms with Crippen LogP contribution in [0.3, 0.4) is 0 Å². The molecule has 0 rings (SSSR count). The summed E-state index contributed by atoms with van der Waals surface area (Å²) in [6.45, 7) is 0. The Balaban J connectivity index is -0.00000000182. The molecule has 0 aromatic carbocycles. The van der Waals surface area contributed by atoms with Crippen molar-refractivity contribution in [3.63, 3.8) is 0 Å². The first kappa shape index (κ1) is 232. The minimum atomic E-state index is 0. The summed E-state index contributed by atoms with van der Waals surface area (Å²) in [5.74, 6) is 0. The van der Waals surface area contributed by atoms with Crippen LogP contribution in [0, 0.1) is 0 Å². The van der Waals surface area contributed by atoms with E-state index in [0.29, 0.717) is 12.2 Å². The largest absolute Gasteiger partial charge is 0.724 e. The van der Waals surface area contributed by atoms with Gasteiger partial charge in [0.05, 0.1) is 0 Å². The molecule has 0 bridgehead atoms. The summed E-state index contributed by atoms with van der Waals surface area (Å²) in [7, 11) is 0. The van der Waals surface area contributed by atoms with Gasteiger partial charge in [-0.15, -0.1) is 0 Å². The van der Waals surface area contributed by atoms with Crippen LogP contribution in [0.25, 0.3) is 10.8 Å². The van der Waals surface area contributed by atoms with Crippen molar-refractivity contribution in [2.24, 2.45) is 0 Å². The molecular formula is C10H32N2O2-2. The Bertz CT molecular complexity index is 70.1. The SMILES string of the molecule is C.C.C.C.C.C.C.C.[N-]=C=O.[N-]=C=O. The Kier molecular flexibility index (Phi) is 39000. The van der Waals surface area contributed by atoms with Crippen LogP contribution < -0.4 is 0 Å². The van der Waals surface area contributed by atoms with E-state index in [0.717, 1.165) is 0 Å². The van der Waals surface area contributed by atoms with Gasteiger partial charge >= 0.3 is 0 Å². The maximum atomic E-state index is 8.24. The van der Waals surface area contributed by atoms with E-state index < -0.39 is 0 Å². The van der Waals surface area contributed by atoms with E-state index in [4.69, 9.17) is 20.4 Å². The van der Waals surface area contributed by atoms with Crippen LogP contribution in [0.5, 0.6) is 0 Å². The molecule has 0 atom stereocenters. The number of rotatable bonds is 0. The van der Waals surface area contributed by atoms with Crippen molar-refractivity contribution in [1.29, 1.82) is 0 Å². The normalized spacial score (nSPS) is 1.14. The molecule has 4 heteroatoms. The van der Waals surface area contributed by atoms with E-state index in [1.165, 1.54) is 0 Å². The number of hydrogen-bond acceptors (Lipinski definition) is 2. The molecule has 96 valence electrons. The van der Waals surface area contributed by atoms with Crippen molar-refractivity contribution >= 4 is 12.2 Å². The van der Waals surface area contributed by atoms with Gasteiger partial charge in [0.2, 0.25) is 0 Å². The molecule has 0 aromatic heterocycles. The molecule has 0 aliphatic heterocycles. The van der Waals surface area contributed by atoms with E-state index in [9.17, 15) is 0 Å². The van der Waals surface area contributed by atoms with E-state index in [2.05, 4.69) is 0 Å². The summed E-state index contributed by atoms with van der Waals surface area (Å²) >= 11 is 0. The zero-order chi connectivity index (χ0) is 5.41. The van der Waals surface area contributed by atoms with Gasteiger partial charge in [0.25, 0.3) is 0 Å². The average Bonchev–Trinajstić information content (AvgIpc) is 1.39. The van der Waals surface area contributed by atoms with Crippen molar-refractivity contribution in [2.45, 2.75) is 59.4 Å². The lowest BCUT2D eigenvalue weighted by atomic mass is 11.7. The Morgan fingerprint density at radius 3 is 0.500 bits per heavy atom. The van der Waals surface area contributed by atoms with Gasteiger partial charge in [-0.2, -0.15) is 0 Å². The van der Waals surface area contributed by atoms with Crippen LogP contribution in [0.2, 0.25) is 0 Å². The van der Waals surface area contributed by atoms with Crippen molar-refractivity contribution < 1.29 is 9.59 Å². The van der Waals surface area contributed by atoms with Crippen molar-refractivity contribution in [3.05, 3.63) is 10.8 Å². The second-order valence-corrected chi connectivity index (χ2v) is 0.183. The molecule has 0 radical (unpaired) electrons. The van der Waals surface area contributed by atoms with Gasteiger partial charge in [-0.05, 0) is 12.2 Å². The van der Waals surface area contributed by atoms with Crippen LogP contribution in [-0.4, -0.2) is 12.2 Å². The Labute approximate surface area is 92.8 Å². The highest BCUT2D eigenvalue weighted by atomic mass is 16.1. The highest BCUT2D eigenvalue weighted by Crippen LogP contribution is 0.952. The number of hydrogen-bond donors (Lipinski definition) is 0. The number of isocyanates is 2. The molecule has 0 aromatic rings.